The molecule has 0 aromatic heterocycles. The molecule has 0 saturated heterocycles. The molecular formula is C18H19Cl3O5S. The molecule has 0 aliphatic heterocycles. The van der Waals surface area contributed by atoms with Gasteiger partial charge in [-0.1, -0.05) is 35.0 Å². The number of hydrogen-bond acceptors (Lipinski definition) is 6. The largest absolute Gasteiger partial charge is 0.491 e. The fraction of sp³-hybridized carbons (Fsp3) is 0.333. The van der Waals surface area contributed by atoms with Gasteiger partial charge in [0.1, 0.15) is 31.2 Å². The van der Waals surface area contributed by atoms with Crippen LogP contribution in [0.2, 0.25) is 10.0 Å². The van der Waals surface area contributed by atoms with Crippen molar-refractivity contribution in [2.24, 2.45) is 0 Å². The summed E-state index contributed by atoms with van der Waals surface area (Å²) in [4.78, 5) is 1.75. The highest BCUT2D eigenvalue weighted by Gasteiger charge is 2.13. The van der Waals surface area contributed by atoms with Crippen molar-refractivity contribution in [3.63, 3.8) is 0 Å². The molecule has 2 aromatic rings. The number of alkyl halides is 1. The van der Waals surface area contributed by atoms with Gasteiger partial charge in [0.05, 0.1) is 22.5 Å². The average molecular weight is 454 g/mol. The van der Waals surface area contributed by atoms with E-state index in [0.29, 0.717) is 15.8 Å². The Bertz CT molecular complexity index is 706. The quantitative estimate of drug-likeness (QED) is 0.474. The predicted molar refractivity (Wildman–Crippen MR) is 108 cm³/mol. The van der Waals surface area contributed by atoms with E-state index in [9.17, 15) is 10.2 Å². The maximum Gasteiger partial charge on any atom is 0.156 e. The molecule has 2 unspecified atom stereocenters. The highest BCUT2D eigenvalue weighted by atomic mass is 35.5. The number of benzene rings is 2. The van der Waals surface area contributed by atoms with Gasteiger partial charge >= 0.3 is 0 Å². The lowest BCUT2D eigenvalue weighted by Crippen LogP contribution is -2.21. The molecule has 2 aromatic carbocycles. The van der Waals surface area contributed by atoms with Gasteiger partial charge in [-0.25, -0.2) is 0 Å². The second-order valence-electron chi connectivity index (χ2n) is 5.56. The van der Waals surface area contributed by atoms with Crippen molar-refractivity contribution in [2.45, 2.75) is 22.0 Å². The van der Waals surface area contributed by atoms with Crippen LogP contribution in [0, 0.1) is 0 Å². The van der Waals surface area contributed by atoms with Gasteiger partial charge in [0, 0.05) is 9.79 Å². The average Bonchev–Trinajstić information content (AvgIpc) is 2.66. The molecule has 0 radical (unpaired) electrons. The predicted octanol–water partition coefficient (Wildman–Crippen LogP) is 3.86. The van der Waals surface area contributed by atoms with Crippen LogP contribution in [0.1, 0.15) is 0 Å². The van der Waals surface area contributed by atoms with Crippen LogP contribution in [0.15, 0.2) is 46.2 Å². The van der Waals surface area contributed by atoms with Crippen LogP contribution in [0.4, 0.5) is 0 Å². The van der Waals surface area contributed by atoms with Gasteiger partial charge in [0.2, 0.25) is 0 Å². The summed E-state index contributed by atoms with van der Waals surface area (Å²) in [6.45, 7) is -0.385. The molecule has 0 spiro atoms. The summed E-state index contributed by atoms with van der Waals surface area (Å²) in [5.41, 5.74) is 0. The van der Waals surface area contributed by atoms with Crippen molar-refractivity contribution in [1.29, 1.82) is 0 Å². The maximum absolute atomic E-state index is 9.40. The third-order valence-electron chi connectivity index (χ3n) is 3.28. The molecule has 27 heavy (non-hydrogen) atoms. The topological polar surface area (TPSA) is 79.2 Å². The van der Waals surface area contributed by atoms with E-state index in [1.54, 1.807) is 24.3 Å². The second kappa shape index (κ2) is 11.2. The summed E-state index contributed by atoms with van der Waals surface area (Å²) < 4.78 is 10.8. The van der Waals surface area contributed by atoms with E-state index >= 15 is 0 Å². The van der Waals surface area contributed by atoms with Crippen LogP contribution in [-0.4, -0.2) is 53.2 Å². The van der Waals surface area contributed by atoms with Crippen molar-refractivity contribution < 1.29 is 24.8 Å². The van der Waals surface area contributed by atoms with E-state index in [0.717, 1.165) is 9.79 Å². The van der Waals surface area contributed by atoms with Crippen molar-refractivity contribution >= 4 is 46.6 Å². The molecule has 2 rings (SSSR count). The van der Waals surface area contributed by atoms with Crippen LogP contribution in [0.5, 0.6) is 11.5 Å². The number of hydrogen-bond donors (Lipinski definition) is 3. The molecular weight excluding hydrogens is 435 g/mol. The van der Waals surface area contributed by atoms with E-state index < -0.39 is 18.8 Å². The first-order valence-corrected chi connectivity index (χ1v) is 10.1. The smallest absolute Gasteiger partial charge is 0.156 e. The zero-order valence-electron chi connectivity index (χ0n) is 14.1. The number of halogens is 3. The van der Waals surface area contributed by atoms with Crippen LogP contribution in [0.25, 0.3) is 0 Å². The van der Waals surface area contributed by atoms with Crippen molar-refractivity contribution in [2.75, 3.05) is 25.7 Å². The van der Waals surface area contributed by atoms with Gasteiger partial charge in [-0.3, -0.25) is 0 Å². The molecule has 0 amide bonds. The van der Waals surface area contributed by atoms with Gasteiger partial charge in [0.15, 0.2) is 5.75 Å². The standard InChI is InChI=1S/C18H19Cl3O5S/c19-7-11(23)9-25-13-1-3-14(4-2-13)27-15-5-16(20)18(17(21)6-15)26-10-12(24)8-22/h1-6,11-12,22-24H,7-10H2. The Labute approximate surface area is 176 Å². The van der Waals surface area contributed by atoms with E-state index in [2.05, 4.69) is 0 Å². The molecule has 2 atom stereocenters. The third kappa shape index (κ3) is 7.23. The SMILES string of the molecule is OCC(O)COc1c(Cl)cc(Sc2ccc(OCC(O)CCl)cc2)cc1Cl. The van der Waals surface area contributed by atoms with Crippen LogP contribution in [0.3, 0.4) is 0 Å². The minimum atomic E-state index is -1.00. The first kappa shape index (κ1) is 22.4. The van der Waals surface area contributed by atoms with Crippen LogP contribution in [-0.2, 0) is 0 Å². The normalized spacial score (nSPS) is 13.3. The van der Waals surface area contributed by atoms with Gasteiger partial charge in [-0.05, 0) is 36.4 Å². The van der Waals surface area contributed by atoms with Gasteiger partial charge in [0.25, 0.3) is 0 Å². The first-order valence-electron chi connectivity index (χ1n) is 7.98. The number of aliphatic hydroxyl groups is 3. The lowest BCUT2D eigenvalue weighted by molar-refractivity contribution is 0.0536. The zero-order valence-corrected chi connectivity index (χ0v) is 17.2. The molecule has 9 heteroatoms. The Balaban J connectivity index is 2.00. The number of rotatable bonds is 10. The molecule has 0 bridgehead atoms. The summed E-state index contributed by atoms with van der Waals surface area (Å²) in [6.07, 6.45) is -1.71. The summed E-state index contributed by atoms with van der Waals surface area (Å²) >= 11 is 19.4. The molecule has 0 aliphatic rings. The van der Waals surface area contributed by atoms with Crippen molar-refractivity contribution in [3.05, 3.63) is 46.4 Å². The van der Waals surface area contributed by atoms with Crippen molar-refractivity contribution in [3.8, 4) is 11.5 Å². The first-order chi connectivity index (χ1) is 12.9. The van der Waals surface area contributed by atoms with E-state index in [1.807, 2.05) is 12.1 Å². The van der Waals surface area contributed by atoms with Crippen LogP contribution < -0.4 is 9.47 Å². The minimum Gasteiger partial charge on any atom is -0.491 e. The second-order valence-corrected chi connectivity index (χ2v) is 7.83. The third-order valence-corrected chi connectivity index (χ3v) is 5.18. The molecule has 0 heterocycles. The number of aliphatic hydroxyl groups excluding tert-OH is 3. The summed E-state index contributed by atoms with van der Waals surface area (Å²) in [5.74, 6) is 1.01. The fourth-order valence-electron chi connectivity index (χ4n) is 1.94. The number of ether oxygens (including phenoxy) is 2. The molecule has 148 valence electrons. The van der Waals surface area contributed by atoms with Gasteiger partial charge in [-0.15, -0.1) is 11.6 Å². The summed E-state index contributed by atoms with van der Waals surface area (Å²) in [6, 6.07) is 10.7. The Morgan fingerprint density at radius 3 is 2.04 bits per heavy atom. The Morgan fingerprint density at radius 1 is 0.889 bits per heavy atom. The zero-order chi connectivity index (χ0) is 19.8. The highest BCUT2D eigenvalue weighted by molar-refractivity contribution is 7.99. The molecule has 0 aliphatic carbocycles. The highest BCUT2D eigenvalue weighted by Crippen LogP contribution is 2.39. The Kier molecular flexibility index (Phi) is 9.32. The Hall–Kier alpha value is -0.860. The fourth-order valence-corrected chi connectivity index (χ4v) is 3.66. The lowest BCUT2D eigenvalue weighted by atomic mass is 10.3. The van der Waals surface area contributed by atoms with Crippen molar-refractivity contribution in [1.82, 2.24) is 0 Å². The summed E-state index contributed by atoms with van der Waals surface area (Å²) in [7, 11) is 0. The summed E-state index contributed by atoms with van der Waals surface area (Å²) in [5, 5.41) is 28.2. The van der Waals surface area contributed by atoms with E-state index in [4.69, 9.17) is 49.4 Å². The van der Waals surface area contributed by atoms with Gasteiger partial charge in [-0.2, -0.15) is 0 Å². The van der Waals surface area contributed by atoms with E-state index in [1.165, 1.54) is 11.8 Å². The minimum absolute atomic E-state index is 0.109. The Morgan fingerprint density at radius 2 is 1.48 bits per heavy atom. The molecule has 0 saturated carbocycles. The molecule has 0 fully saturated rings. The van der Waals surface area contributed by atoms with E-state index in [-0.39, 0.29) is 24.8 Å². The van der Waals surface area contributed by atoms with Gasteiger partial charge < -0.3 is 24.8 Å². The van der Waals surface area contributed by atoms with Crippen LogP contribution >= 0.6 is 46.6 Å². The molecule has 3 N–H and O–H groups in total. The maximum atomic E-state index is 9.40. The lowest BCUT2D eigenvalue weighted by Gasteiger charge is -2.14. The monoisotopic (exact) mass is 452 g/mol. The molecule has 5 nitrogen and oxygen atoms in total.